The highest BCUT2D eigenvalue weighted by Gasteiger charge is 2.09. The quantitative estimate of drug-likeness (QED) is 0.750. The number of ketones is 1. The predicted molar refractivity (Wildman–Crippen MR) is 57.1 cm³/mol. The predicted octanol–water partition coefficient (Wildman–Crippen LogP) is 2.61. The van der Waals surface area contributed by atoms with Crippen LogP contribution in [-0.4, -0.2) is 17.5 Å². The van der Waals surface area contributed by atoms with Gasteiger partial charge in [0.1, 0.15) is 0 Å². The van der Waals surface area contributed by atoms with Gasteiger partial charge in [-0.05, 0) is 37.7 Å². The van der Waals surface area contributed by atoms with Crippen molar-refractivity contribution >= 4 is 5.78 Å². The average Bonchev–Trinajstić information content (AvgIpc) is 2.13. The van der Waals surface area contributed by atoms with E-state index in [2.05, 4.69) is 6.08 Å². The van der Waals surface area contributed by atoms with Gasteiger partial charge >= 0.3 is 0 Å². The number of carbonyl (C=O) groups is 1. The van der Waals surface area contributed by atoms with Gasteiger partial charge in [-0.15, -0.1) is 0 Å². The van der Waals surface area contributed by atoms with Gasteiger partial charge in [0, 0.05) is 13.0 Å². The highest BCUT2D eigenvalue weighted by Crippen LogP contribution is 2.18. The third kappa shape index (κ3) is 4.05. The molecular weight excluding hydrogens is 176 g/mol. The van der Waals surface area contributed by atoms with E-state index >= 15 is 0 Å². The minimum absolute atomic E-state index is 0.124. The Morgan fingerprint density at radius 1 is 1.29 bits per heavy atom. The Labute approximate surface area is 86.0 Å². The van der Waals surface area contributed by atoms with Crippen LogP contribution in [-0.2, 0) is 4.79 Å². The first kappa shape index (κ1) is 11.4. The average molecular weight is 196 g/mol. The fraction of sp³-hybridized carbons (Fsp3) is 0.750. The summed E-state index contributed by atoms with van der Waals surface area (Å²) in [6, 6.07) is 0. The maximum absolute atomic E-state index is 11.6. The molecule has 0 atom stereocenters. The molecule has 0 spiro atoms. The fourth-order valence-corrected chi connectivity index (χ4v) is 1.85. The lowest BCUT2D eigenvalue weighted by atomic mass is 9.95. The number of carbonyl (C=O) groups excluding carboxylic acids is 1. The van der Waals surface area contributed by atoms with Crippen molar-refractivity contribution in [2.45, 2.75) is 51.4 Å². The number of Topliss-reactive ketones (excluding diaryl/α,β-unsaturated/α-hetero) is 1. The SMILES string of the molecule is O=C(CCCO)C1=CCCCCCC1. The summed E-state index contributed by atoms with van der Waals surface area (Å²) in [5.41, 5.74) is 1.01. The molecule has 0 bridgehead atoms. The van der Waals surface area contributed by atoms with E-state index in [9.17, 15) is 4.79 Å². The van der Waals surface area contributed by atoms with E-state index < -0.39 is 0 Å². The largest absolute Gasteiger partial charge is 0.396 e. The second-order valence-corrected chi connectivity index (χ2v) is 3.93. The molecule has 14 heavy (non-hydrogen) atoms. The first-order valence-electron chi connectivity index (χ1n) is 5.67. The van der Waals surface area contributed by atoms with Crippen molar-refractivity contribution < 1.29 is 9.90 Å². The number of hydrogen-bond donors (Lipinski definition) is 1. The van der Waals surface area contributed by atoms with Crippen molar-refractivity contribution in [1.82, 2.24) is 0 Å². The Morgan fingerprint density at radius 3 is 2.86 bits per heavy atom. The minimum atomic E-state index is 0.124. The number of allylic oxidation sites excluding steroid dienone is 2. The van der Waals surface area contributed by atoms with Gasteiger partial charge in [0.15, 0.2) is 5.78 Å². The summed E-state index contributed by atoms with van der Waals surface area (Å²) in [7, 11) is 0. The molecule has 0 saturated heterocycles. The molecule has 80 valence electrons. The van der Waals surface area contributed by atoms with Crippen LogP contribution in [0.25, 0.3) is 0 Å². The van der Waals surface area contributed by atoms with Crippen molar-refractivity contribution in [2.24, 2.45) is 0 Å². The Morgan fingerprint density at radius 2 is 2.07 bits per heavy atom. The Kier molecular flexibility index (Phi) is 5.53. The minimum Gasteiger partial charge on any atom is -0.396 e. The molecule has 1 aliphatic carbocycles. The van der Waals surface area contributed by atoms with Gasteiger partial charge in [-0.1, -0.05) is 18.9 Å². The summed E-state index contributed by atoms with van der Waals surface area (Å²) >= 11 is 0. The smallest absolute Gasteiger partial charge is 0.158 e. The van der Waals surface area contributed by atoms with Crippen LogP contribution in [0.2, 0.25) is 0 Å². The van der Waals surface area contributed by atoms with Crippen LogP contribution in [0.15, 0.2) is 11.6 Å². The van der Waals surface area contributed by atoms with E-state index in [0.29, 0.717) is 12.8 Å². The lowest BCUT2D eigenvalue weighted by molar-refractivity contribution is -0.116. The van der Waals surface area contributed by atoms with Crippen LogP contribution in [0.5, 0.6) is 0 Å². The van der Waals surface area contributed by atoms with Gasteiger partial charge in [0.25, 0.3) is 0 Å². The molecule has 0 fully saturated rings. The normalized spacial score (nSPS) is 18.2. The molecule has 2 heteroatoms. The number of rotatable bonds is 4. The molecule has 0 unspecified atom stereocenters. The zero-order valence-electron chi connectivity index (χ0n) is 8.80. The number of hydrogen-bond acceptors (Lipinski definition) is 2. The summed E-state index contributed by atoms with van der Waals surface area (Å²) < 4.78 is 0. The molecule has 2 nitrogen and oxygen atoms in total. The first-order chi connectivity index (χ1) is 6.84. The Balaban J connectivity index is 2.42. The fourth-order valence-electron chi connectivity index (χ4n) is 1.85. The second-order valence-electron chi connectivity index (χ2n) is 3.93. The Bertz CT molecular complexity index is 206. The standard InChI is InChI=1S/C12H20O2/c13-10-6-9-12(14)11-7-4-2-1-3-5-8-11/h7,13H,1-6,8-10H2. The molecule has 0 radical (unpaired) electrons. The van der Waals surface area contributed by atoms with Crippen molar-refractivity contribution in [3.63, 3.8) is 0 Å². The number of aliphatic hydroxyl groups excluding tert-OH is 1. The van der Waals surface area contributed by atoms with E-state index in [0.717, 1.165) is 24.8 Å². The van der Waals surface area contributed by atoms with Gasteiger partial charge < -0.3 is 5.11 Å². The summed E-state index contributed by atoms with van der Waals surface area (Å²) in [6.07, 6.45) is 10.2. The van der Waals surface area contributed by atoms with Gasteiger partial charge in [-0.3, -0.25) is 4.79 Å². The van der Waals surface area contributed by atoms with Gasteiger partial charge in [-0.2, -0.15) is 0 Å². The first-order valence-corrected chi connectivity index (χ1v) is 5.67. The van der Waals surface area contributed by atoms with Crippen molar-refractivity contribution in [2.75, 3.05) is 6.61 Å². The third-order valence-electron chi connectivity index (χ3n) is 2.71. The zero-order chi connectivity index (χ0) is 10.2. The zero-order valence-corrected chi connectivity index (χ0v) is 8.80. The molecule has 0 aromatic carbocycles. The highest BCUT2D eigenvalue weighted by atomic mass is 16.3. The van der Waals surface area contributed by atoms with E-state index in [1.54, 1.807) is 0 Å². The molecule has 1 aliphatic rings. The lowest BCUT2D eigenvalue weighted by Gasteiger charge is -2.09. The molecule has 0 aromatic rings. The van der Waals surface area contributed by atoms with Crippen LogP contribution in [0.3, 0.4) is 0 Å². The van der Waals surface area contributed by atoms with Crippen LogP contribution in [0.1, 0.15) is 51.4 Å². The summed E-state index contributed by atoms with van der Waals surface area (Å²) in [5.74, 6) is 0.251. The molecular formula is C12H20O2. The van der Waals surface area contributed by atoms with Gasteiger partial charge in [0.05, 0.1) is 0 Å². The monoisotopic (exact) mass is 196 g/mol. The molecule has 1 N–H and O–H groups in total. The molecule has 0 saturated carbocycles. The summed E-state index contributed by atoms with van der Waals surface area (Å²) in [6.45, 7) is 0.124. The van der Waals surface area contributed by atoms with Gasteiger partial charge in [-0.25, -0.2) is 0 Å². The highest BCUT2D eigenvalue weighted by molar-refractivity contribution is 5.95. The molecule has 1 rings (SSSR count). The summed E-state index contributed by atoms with van der Waals surface area (Å²) in [5, 5.41) is 8.64. The number of aliphatic hydroxyl groups is 1. The molecule has 0 heterocycles. The van der Waals surface area contributed by atoms with Crippen LogP contribution >= 0.6 is 0 Å². The van der Waals surface area contributed by atoms with Crippen LogP contribution in [0, 0.1) is 0 Å². The lowest BCUT2D eigenvalue weighted by Crippen LogP contribution is -2.05. The van der Waals surface area contributed by atoms with E-state index in [4.69, 9.17) is 5.11 Å². The maximum atomic E-state index is 11.6. The topological polar surface area (TPSA) is 37.3 Å². The van der Waals surface area contributed by atoms with Crippen LogP contribution in [0.4, 0.5) is 0 Å². The van der Waals surface area contributed by atoms with Crippen molar-refractivity contribution in [1.29, 1.82) is 0 Å². The van der Waals surface area contributed by atoms with E-state index in [1.165, 1.54) is 19.3 Å². The maximum Gasteiger partial charge on any atom is 0.158 e. The molecule has 0 aromatic heterocycles. The van der Waals surface area contributed by atoms with Crippen molar-refractivity contribution in [3.8, 4) is 0 Å². The molecule has 0 aliphatic heterocycles. The van der Waals surface area contributed by atoms with Crippen LogP contribution < -0.4 is 0 Å². The van der Waals surface area contributed by atoms with Crippen molar-refractivity contribution in [3.05, 3.63) is 11.6 Å². The Hall–Kier alpha value is -0.630. The third-order valence-corrected chi connectivity index (χ3v) is 2.71. The molecule has 0 amide bonds. The summed E-state index contributed by atoms with van der Waals surface area (Å²) in [4.78, 5) is 11.6. The van der Waals surface area contributed by atoms with E-state index in [-0.39, 0.29) is 12.4 Å². The van der Waals surface area contributed by atoms with E-state index in [1.807, 2.05) is 0 Å². The second kappa shape index (κ2) is 6.77. The van der Waals surface area contributed by atoms with Gasteiger partial charge in [0.2, 0.25) is 0 Å².